The van der Waals surface area contributed by atoms with E-state index in [1.54, 1.807) is 0 Å². The highest BCUT2D eigenvalue weighted by atomic mass is 16.4. The predicted octanol–water partition coefficient (Wildman–Crippen LogP) is -0.405. The third-order valence-corrected chi connectivity index (χ3v) is 6.30. The Morgan fingerprint density at radius 1 is 1.00 bits per heavy atom. The number of carbonyl (C=O) groups is 5. The summed E-state index contributed by atoms with van der Waals surface area (Å²) in [6.07, 6.45) is 2.10. The summed E-state index contributed by atoms with van der Waals surface area (Å²) >= 11 is 0. The fourth-order valence-corrected chi connectivity index (χ4v) is 4.26. The lowest BCUT2D eigenvalue weighted by Gasteiger charge is -2.30. The molecular formula is C25H37N5O7. The number of rotatable bonds is 15. The van der Waals surface area contributed by atoms with E-state index in [2.05, 4.69) is 10.6 Å². The van der Waals surface area contributed by atoms with E-state index in [0.717, 1.165) is 12.0 Å². The monoisotopic (exact) mass is 519 g/mol. The quantitative estimate of drug-likeness (QED) is 0.166. The van der Waals surface area contributed by atoms with Crippen molar-refractivity contribution < 1.29 is 34.2 Å². The van der Waals surface area contributed by atoms with E-state index in [4.69, 9.17) is 16.6 Å². The molecule has 4 atom stereocenters. The standard InChI is InChI=1S/C25H37N5O7/c26-13-5-4-9-17(27)22(33)29-19(15-16-7-2-1-3-8-16)24(35)30-14-6-10-20(30)23(34)28-18(25(36)37)11-12-21(31)32/h1-3,7-8,17-20H,4-6,9-15,26-27H2,(H,28,34)(H,29,33)(H,31,32)(H,36,37). The average Bonchev–Trinajstić information content (AvgIpc) is 3.36. The summed E-state index contributed by atoms with van der Waals surface area (Å²) in [5.41, 5.74) is 12.3. The van der Waals surface area contributed by atoms with Gasteiger partial charge in [-0.05, 0) is 44.2 Å². The molecule has 3 amide bonds. The third-order valence-electron chi connectivity index (χ3n) is 6.30. The molecule has 204 valence electrons. The number of nitrogens with zero attached hydrogens (tertiary/aromatic N) is 1. The van der Waals surface area contributed by atoms with Gasteiger partial charge in [0.2, 0.25) is 17.7 Å². The number of nitrogens with one attached hydrogen (secondary N) is 2. The Morgan fingerprint density at radius 2 is 1.70 bits per heavy atom. The van der Waals surface area contributed by atoms with Crippen LogP contribution in [-0.4, -0.2) is 82.0 Å². The van der Waals surface area contributed by atoms with Gasteiger partial charge < -0.3 is 37.2 Å². The van der Waals surface area contributed by atoms with Crippen LogP contribution >= 0.6 is 0 Å². The molecule has 8 N–H and O–H groups in total. The Bertz CT molecular complexity index is 943. The summed E-state index contributed by atoms with van der Waals surface area (Å²) in [5.74, 6) is -4.17. The highest BCUT2D eigenvalue weighted by molar-refractivity contribution is 5.94. The van der Waals surface area contributed by atoms with E-state index in [0.29, 0.717) is 32.2 Å². The lowest BCUT2D eigenvalue weighted by molar-refractivity contribution is -0.145. The molecule has 1 aromatic rings. The zero-order valence-electron chi connectivity index (χ0n) is 20.8. The first-order chi connectivity index (χ1) is 17.6. The summed E-state index contributed by atoms with van der Waals surface area (Å²) in [7, 11) is 0. The molecule has 1 aromatic carbocycles. The molecule has 1 aliphatic rings. The van der Waals surface area contributed by atoms with E-state index in [1.165, 1.54) is 4.90 Å². The van der Waals surface area contributed by atoms with E-state index in [-0.39, 0.29) is 19.4 Å². The summed E-state index contributed by atoms with van der Waals surface area (Å²) in [5, 5.41) is 23.3. The van der Waals surface area contributed by atoms with Gasteiger partial charge in [-0.2, -0.15) is 0 Å². The highest BCUT2D eigenvalue weighted by Gasteiger charge is 2.39. The van der Waals surface area contributed by atoms with Gasteiger partial charge in [0.05, 0.1) is 6.04 Å². The van der Waals surface area contributed by atoms with Crippen molar-refractivity contribution in [1.82, 2.24) is 15.5 Å². The summed E-state index contributed by atoms with van der Waals surface area (Å²) < 4.78 is 0. The van der Waals surface area contributed by atoms with Crippen LogP contribution in [0.5, 0.6) is 0 Å². The van der Waals surface area contributed by atoms with E-state index in [9.17, 15) is 29.1 Å². The van der Waals surface area contributed by atoms with Gasteiger partial charge in [0.1, 0.15) is 18.1 Å². The molecule has 2 rings (SSSR count). The molecule has 0 saturated carbocycles. The van der Waals surface area contributed by atoms with Gasteiger partial charge in [-0.15, -0.1) is 0 Å². The summed E-state index contributed by atoms with van der Waals surface area (Å²) in [6.45, 7) is 0.744. The van der Waals surface area contributed by atoms with Gasteiger partial charge in [-0.1, -0.05) is 36.8 Å². The van der Waals surface area contributed by atoms with Crippen LogP contribution in [-0.2, 0) is 30.4 Å². The van der Waals surface area contributed by atoms with Crippen molar-refractivity contribution in [1.29, 1.82) is 0 Å². The van der Waals surface area contributed by atoms with Crippen molar-refractivity contribution in [2.75, 3.05) is 13.1 Å². The normalized spacial score (nSPS) is 17.5. The zero-order chi connectivity index (χ0) is 27.4. The van der Waals surface area contributed by atoms with Crippen LogP contribution in [0.25, 0.3) is 0 Å². The van der Waals surface area contributed by atoms with Crippen molar-refractivity contribution >= 4 is 29.7 Å². The highest BCUT2D eigenvalue weighted by Crippen LogP contribution is 2.20. The average molecular weight is 520 g/mol. The number of unbranched alkanes of at least 4 members (excludes halogenated alkanes) is 1. The van der Waals surface area contributed by atoms with Gasteiger partial charge in [0, 0.05) is 19.4 Å². The number of nitrogens with two attached hydrogens (primary N) is 2. The van der Waals surface area contributed by atoms with Gasteiger partial charge in [-0.25, -0.2) is 4.79 Å². The largest absolute Gasteiger partial charge is 0.481 e. The maximum Gasteiger partial charge on any atom is 0.326 e. The minimum absolute atomic E-state index is 0.183. The molecule has 4 unspecified atom stereocenters. The second-order valence-electron chi connectivity index (χ2n) is 9.16. The van der Waals surface area contributed by atoms with Crippen LogP contribution in [0.15, 0.2) is 30.3 Å². The van der Waals surface area contributed by atoms with Gasteiger partial charge in [-0.3, -0.25) is 19.2 Å². The zero-order valence-corrected chi connectivity index (χ0v) is 20.8. The number of aliphatic carboxylic acids is 2. The van der Waals surface area contributed by atoms with Gasteiger partial charge in [0.15, 0.2) is 0 Å². The topological polar surface area (TPSA) is 205 Å². The molecule has 1 fully saturated rings. The van der Waals surface area contributed by atoms with E-state index >= 15 is 0 Å². The first kappa shape index (κ1) is 29.7. The van der Waals surface area contributed by atoms with Crippen LogP contribution in [0.2, 0.25) is 0 Å². The molecule has 0 spiro atoms. The van der Waals surface area contributed by atoms with Crippen molar-refractivity contribution in [3.8, 4) is 0 Å². The van der Waals surface area contributed by atoms with Crippen LogP contribution in [0.1, 0.15) is 50.5 Å². The van der Waals surface area contributed by atoms with E-state index in [1.807, 2.05) is 30.3 Å². The van der Waals surface area contributed by atoms with Gasteiger partial charge >= 0.3 is 11.9 Å². The number of carboxylic acid groups (broad SMARTS) is 2. The molecule has 0 bridgehead atoms. The molecule has 37 heavy (non-hydrogen) atoms. The number of likely N-dealkylation sites (tertiary alicyclic amines) is 1. The summed E-state index contributed by atoms with van der Waals surface area (Å²) in [4.78, 5) is 63.0. The molecule has 0 aliphatic carbocycles. The molecular weight excluding hydrogens is 482 g/mol. The number of hydrogen-bond acceptors (Lipinski definition) is 7. The first-order valence-corrected chi connectivity index (χ1v) is 12.5. The molecule has 1 aliphatic heterocycles. The molecule has 12 heteroatoms. The Balaban J connectivity index is 2.16. The first-order valence-electron chi connectivity index (χ1n) is 12.5. The Labute approximate surface area is 215 Å². The third kappa shape index (κ3) is 9.47. The van der Waals surface area contributed by atoms with Crippen molar-refractivity contribution in [3.63, 3.8) is 0 Å². The second-order valence-corrected chi connectivity index (χ2v) is 9.16. The minimum Gasteiger partial charge on any atom is -0.481 e. The summed E-state index contributed by atoms with van der Waals surface area (Å²) in [6, 6.07) is 4.96. The van der Waals surface area contributed by atoms with Crippen molar-refractivity contribution in [2.24, 2.45) is 11.5 Å². The fourth-order valence-electron chi connectivity index (χ4n) is 4.26. The smallest absolute Gasteiger partial charge is 0.326 e. The predicted molar refractivity (Wildman–Crippen MR) is 134 cm³/mol. The number of carboxylic acids is 2. The lowest BCUT2D eigenvalue weighted by Crippen LogP contribution is -2.57. The number of hydrogen-bond donors (Lipinski definition) is 6. The maximum absolute atomic E-state index is 13.6. The fraction of sp³-hybridized carbons (Fsp3) is 0.560. The Kier molecular flexibility index (Phi) is 12.0. The number of carbonyl (C=O) groups excluding carboxylic acids is 3. The Hall–Kier alpha value is -3.51. The van der Waals surface area contributed by atoms with Crippen LogP contribution in [0.3, 0.4) is 0 Å². The number of amides is 3. The lowest BCUT2D eigenvalue weighted by atomic mass is 10.0. The number of benzene rings is 1. The maximum atomic E-state index is 13.6. The minimum atomic E-state index is -1.40. The molecule has 1 saturated heterocycles. The molecule has 0 aromatic heterocycles. The van der Waals surface area contributed by atoms with Crippen LogP contribution in [0.4, 0.5) is 0 Å². The Morgan fingerprint density at radius 3 is 2.32 bits per heavy atom. The molecule has 12 nitrogen and oxygen atoms in total. The van der Waals surface area contributed by atoms with E-state index < -0.39 is 60.2 Å². The molecule has 1 heterocycles. The van der Waals surface area contributed by atoms with Crippen molar-refractivity contribution in [3.05, 3.63) is 35.9 Å². The SMILES string of the molecule is NCCCCC(N)C(=O)NC(Cc1ccccc1)C(=O)N1CCCC1C(=O)NC(CCC(=O)O)C(=O)O. The van der Waals surface area contributed by atoms with Crippen LogP contribution in [0, 0.1) is 0 Å². The second kappa shape index (κ2) is 14.9. The van der Waals surface area contributed by atoms with Crippen molar-refractivity contribution in [2.45, 2.75) is 75.5 Å². The molecule has 0 radical (unpaired) electrons. The van der Waals surface area contributed by atoms with Crippen LogP contribution < -0.4 is 22.1 Å². The van der Waals surface area contributed by atoms with Gasteiger partial charge in [0.25, 0.3) is 0 Å².